The van der Waals surface area contributed by atoms with Gasteiger partial charge >= 0.3 is 0 Å². The number of hydrogen-bond acceptors (Lipinski definition) is 0. The Labute approximate surface area is 45.5 Å². The first kappa shape index (κ1) is 9.32. The summed E-state index contributed by atoms with van der Waals surface area (Å²) in [4.78, 5) is 0. The largest absolute Gasteiger partial charge is 1.00 e. The molecule has 34 valence electrons. The number of rotatable bonds is 0. The lowest BCUT2D eigenvalue weighted by molar-refractivity contribution is -0.00000109. The van der Waals surface area contributed by atoms with Crippen LogP contribution in [0, 0.1) is 0 Å². The highest BCUT2D eigenvalue weighted by molar-refractivity contribution is 7.55. The Bertz CT molecular complexity index is 11.6. The van der Waals surface area contributed by atoms with Gasteiger partial charge in [0.25, 0.3) is 0 Å². The molecule has 0 fully saturated rings. The van der Waals surface area contributed by atoms with E-state index < -0.39 is 0 Å². The van der Waals surface area contributed by atoms with Crippen molar-refractivity contribution >= 4 is 7.92 Å². The van der Waals surface area contributed by atoms with Crippen molar-refractivity contribution in [2.75, 3.05) is 20.0 Å². The van der Waals surface area contributed by atoms with E-state index in [0.717, 1.165) is 0 Å². The fourth-order valence-corrected chi connectivity index (χ4v) is 0. The van der Waals surface area contributed by atoms with Gasteiger partial charge in [-0.3, -0.25) is 0 Å². The summed E-state index contributed by atoms with van der Waals surface area (Å²) in [6, 6.07) is 0. The summed E-state index contributed by atoms with van der Waals surface area (Å²) in [5, 5.41) is 0. The fourth-order valence-electron chi connectivity index (χ4n) is 0. The van der Waals surface area contributed by atoms with Crippen molar-refractivity contribution < 1.29 is 17.0 Å². The van der Waals surface area contributed by atoms with Gasteiger partial charge in [0.1, 0.15) is 0 Å². The summed E-state index contributed by atoms with van der Waals surface area (Å²) in [5.74, 6) is 0. The average Bonchev–Trinajstić information content (AvgIpc) is 0.811. The van der Waals surface area contributed by atoms with E-state index in [9.17, 15) is 0 Å². The zero-order chi connectivity index (χ0) is 3.58. The fraction of sp³-hybridized carbons (Fsp3) is 1.00. The van der Waals surface area contributed by atoms with Crippen molar-refractivity contribution in [1.82, 2.24) is 0 Å². The molecule has 0 aliphatic rings. The Morgan fingerprint density at radius 2 is 1.00 bits per heavy atom. The highest BCUT2D eigenvalue weighted by atomic mass is 79.9. The standard InChI is InChI=1S/C3H9P.BrH/c1-4(2)3;/h1-3H3;1H/p-1. The van der Waals surface area contributed by atoms with Crippen LogP contribution in [-0.2, 0) is 0 Å². The second-order valence-electron chi connectivity index (χ2n) is 1.34. The smallest absolute Gasteiger partial charge is 0.0449 e. The van der Waals surface area contributed by atoms with E-state index in [1.165, 1.54) is 0 Å². The minimum absolute atomic E-state index is 0. The van der Waals surface area contributed by atoms with Gasteiger partial charge in [-0.25, -0.2) is 0 Å². The van der Waals surface area contributed by atoms with E-state index >= 15 is 0 Å². The molecule has 0 amide bonds. The third-order valence-electron chi connectivity index (χ3n) is 0. The summed E-state index contributed by atoms with van der Waals surface area (Å²) in [6.45, 7) is 6.69. The van der Waals surface area contributed by atoms with Crippen molar-refractivity contribution in [3.63, 3.8) is 0 Å². The van der Waals surface area contributed by atoms with Crippen LogP contribution in [0.2, 0.25) is 0 Å². The predicted molar refractivity (Wildman–Crippen MR) is 24.7 cm³/mol. The van der Waals surface area contributed by atoms with Gasteiger partial charge in [0, 0.05) is 0 Å². The summed E-state index contributed by atoms with van der Waals surface area (Å²) in [7, 11) is 0.380. The minimum Gasteiger partial charge on any atom is -1.00 e. The molecule has 0 saturated carbocycles. The third-order valence-corrected chi connectivity index (χ3v) is 0. The maximum Gasteiger partial charge on any atom is -0.0449 e. The monoisotopic (exact) mass is 155 g/mol. The van der Waals surface area contributed by atoms with Crippen LogP contribution in [-0.4, -0.2) is 20.0 Å². The lowest BCUT2D eigenvalue weighted by atomic mass is 11.9. The van der Waals surface area contributed by atoms with Crippen LogP contribution in [0.5, 0.6) is 0 Å². The molecule has 0 saturated heterocycles. The lowest BCUT2D eigenvalue weighted by Crippen LogP contribution is -3.00. The van der Waals surface area contributed by atoms with Gasteiger partial charge in [0.2, 0.25) is 0 Å². The van der Waals surface area contributed by atoms with Crippen LogP contribution in [0.25, 0.3) is 0 Å². The van der Waals surface area contributed by atoms with Crippen LogP contribution in [0.15, 0.2) is 0 Å². The van der Waals surface area contributed by atoms with Gasteiger partial charge in [0.05, 0.1) is 0 Å². The molecule has 0 atom stereocenters. The molecule has 0 spiro atoms. The van der Waals surface area contributed by atoms with Crippen molar-refractivity contribution in [3.8, 4) is 0 Å². The van der Waals surface area contributed by atoms with E-state index in [2.05, 4.69) is 20.0 Å². The SMILES string of the molecule is CP(C)C.[Br-]. The van der Waals surface area contributed by atoms with Gasteiger partial charge in [-0.15, -0.1) is 7.92 Å². The average molecular weight is 156 g/mol. The topological polar surface area (TPSA) is 0 Å². The zero-order valence-corrected chi connectivity index (χ0v) is 6.31. The van der Waals surface area contributed by atoms with Crippen LogP contribution in [0.1, 0.15) is 0 Å². The molecule has 0 aromatic rings. The van der Waals surface area contributed by atoms with Crippen molar-refractivity contribution in [3.05, 3.63) is 0 Å². The molecule has 2 heteroatoms. The Balaban J connectivity index is 0. The molecular formula is C3H9BrP-. The predicted octanol–water partition coefficient (Wildman–Crippen LogP) is -1.64. The van der Waals surface area contributed by atoms with Gasteiger partial charge < -0.3 is 17.0 Å². The van der Waals surface area contributed by atoms with E-state index in [1.807, 2.05) is 0 Å². The summed E-state index contributed by atoms with van der Waals surface area (Å²) in [6.07, 6.45) is 0. The van der Waals surface area contributed by atoms with Crippen LogP contribution >= 0.6 is 7.92 Å². The molecule has 0 rings (SSSR count). The van der Waals surface area contributed by atoms with Gasteiger partial charge in [-0.05, 0) is 20.0 Å². The van der Waals surface area contributed by atoms with Crippen LogP contribution in [0.4, 0.5) is 0 Å². The first-order valence-corrected chi connectivity index (χ1v) is 4.02. The Hall–Kier alpha value is 0.910. The summed E-state index contributed by atoms with van der Waals surface area (Å²) in [5.41, 5.74) is 0. The molecule has 5 heavy (non-hydrogen) atoms. The molecule has 0 bridgehead atoms. The Morgan fingerprint density at radius 1 is 1.00 bits per heavy atom. The highest BCUT2D eigenvalue weighted by Crippen LogP contribution is 2.14. The van der Waals surface area contributed by atoms with Gasteiger partial charge in [-0.1, -0.05) is 0 Å². The van der Waals surface area contributed by atoms with Gasteiger partial charge in [-0.2, -0.15) is 0 Å². The van der Waals surface area contributed by atoms with Crippen LogP contribution in [0.3, 0.4) is 0 Å². The lowest BCUT2D eigenvalue weighted by Gasteiger charge is -1.81. The maximum atomic E-state index is 2.23. The van der Waals surface area contributed by atoms with Crippen LogP contribution < -0.4 is 17.0 Å². The first-order chi connectivity index (χ1) is 1.73. The second-order valence-corrected chi connectivity index (χ2v) is 4.02. The molecule has 0 unspecified atom stereocenters. The van der Waals surface area contributed by atoms with Crippen molar-refractivity contribution in [2.24, 2.45) is 0 Å². The zero-order valence-electron chi connectivity index (χ0n) is 3.83. The normalized spacial score (nSPS) is 7.20. The molecule has 0 heterocycles. The molecule has 0 N–H and O–H groups in total. The van der Waals surface area contributed by atoms with E-state index in [0.29, 0.717) is 7.92 Å². The van der Waals surface area contributed by atoms with Crippen molar-refractivity contribution in [2.45, 2.75) is 0 Å². The molecule has 0 aliphatic carbocycles. The molecule has 0 aromatic carbocycles. The summed E-state index contributed by atoms with van der Waals surface area (Å²) < 4.78 is 0. The van der Waals surface area contributed by atoms with Gasteiger partial charge in [0.15, 0.2) is 0 Å². The number of hydrogen-bond donors (Lipinski definition) is 0. The Kier molecular flexibility index (Phi) is 9.15. The Morgan fingerprint density at radius 3 is 1.00 bits per heavy atom. The highest BCUT2D eigenvalue weighted by Gasteiger charge is 1.65. The molecular weight excluding hydrogens is 147 g/mol. The van der Waals surface area contributed by atoms with E-state index in [-0.39, 0.29) is 17.0 Å². The molecule has 0 radical (unpaired) electrons. The van der Waals surface area contributed by atoms with Crippen molar-refractivity contribution in [1.29, 1.82) is 0 Å². The van der Waals surface area contributed by atoms with E-state index in [1.54, 1.807) is 0 Å². The first-order valence-electron chi connectivity index (χ1n) is 1.34. The molecule has 0 nitrogen and oxygen atoms in total. The third kappa shape index (κ3) is 50.2. The second kappa shape index (κ2) is 4.91. The quantitative estimate of drug-likeness (QED) is 0.369. The number of halogens is 1. The molecule has 0 aliphatic heterocycles. The summed E-state index contributed by atoms with van der Waals surface area (Å²) >= 11 is 0. The maximum absolute atomic E-state index is 2.23. The minimum atomic E-state index is 0. The molecule has 0 aromatic heterocycles. The van der Waals surface area contributed by atoms with E-state index in [4.69, 9.17) is 0 Å².